The number of benzene rings is 1. The molecule has 2 aliphatic carbocycles. The number of nitrogens with one attached hydrogen (secondary N) is 1. The zero-order valence-electron chi connectivity index (χ0n) is 14.4. The van der Waals surface area contributed by atoms with Crippen molar-refractivity contribution in [3.8, 4) is 0 Å². The lowest BCUT2D eigenvalue weighted by Gasteiger charge is -2.32. The number of carbonyl (C=O) groups excluding carboxylic acids is 2. The van der Waals surface area contributed by atoms with Gasteiger partial charge in [0.25, 0.3) is 0 Å². The van der Waals surface area contributed by atoms with Crippen LogP contribution in [0.2, 0.25) is 0 Å². The summed E-state index contributed by atoms with van der Waals surface area (Å²) in [5, 5.41) is 8.84. The fourth-order valence-electron chi connectivity index (χ4n) is 4.25. The number of hydroxylamine groups is 1. The maximum atomic E-state index is 12.8. The molecule has 0 aromatic heterocycles. The first kappa shape index (κ1) is 17.2. The van der Waals surface area contributed by atoms with E-state index in [1.807, 2.05) is 0 Å². The molecule has 24 heavy (non-hydrogen) atoms. The second-order valence-corrected chi connectivity index (χ2v) is 7.74. The van der Waals surface area contributed by atoms with E-state index in [1.165, 1.54) is 12.0 Å². The first-order valence-electron chi connectivity index (χ1n) is 9.10. The summed E-state index contributed by atoms with van der Waals surface area (Å²) in [7, 11) is 0. The van der Waals surface area contributed by atoms with E-state index in [1.54, 1.807) is 5.48 Å². The fraction of sp³-hybridized carbons (Fsp3) is 0.600. The fourth-order valence-corrected chi connectivity index (χ4v) is 4.25. The van der Waals surface area contributed by atoms with Crippen LogP contribution in [0.15, 0.2) is 18.2 Å². The van der Waals surface area contributed by atoms with E-state index in [9.17, 15) is 9.59 Å². The second kappa shape index (κ2) is 7.06. The number of aryl methyl sites for hydroxylation is 1. The molecule has 0 spiro atoms. The van der Waals surface area contributed by atoms with Crippen molar-refractivity contribution in [1.82, 2.24) is 5.48 Å². The number of carbonyl (C=O) groups is 2. The predicted octanol–water partition coefficient (Wildman–Crippen LogP) is 3.38. The quantitative estimate of drug-likeness (QED) is 0.657. The molecular formula is C20H27NO3. The van der Waals surface area contributed by atoms with E-state index in [0.717, 1.165) is 49.7 Å². The van der Waals surface area contributed by atoms with E-state index in [-0.39, 0.29) is 17.2 Å². The molecule has 0 bridgehead atoms. The number of ketones is 1. The zero-order chi connectivity index (χ0) is 17.2. The monoisotopic (exact) mass is 329 g/mol. The molecule has 1 fully saturated rings. The summed E-state index contributed by atoms with van der Waals surface area (Å²) >= 11 is 0. The van der Waals surface area contributed by atoms with Crippen molar-refractivity contribution in [1.29, 1.82) is 0 Å². The van der Waals surface area contributed by atoms with Crippen LogP contribution in [0.25, 0.3) is 0 Å². The van der Waals surface area contributed by atoms with Gasteiger partial charge in [0.05, 0.1) is 0 Å². The van der Waals surface area contributed by atoms with Crippen LogP contribution >= 0.6 is 0 Å². The highest BCUT2D eigenvalue weighted by atomic mass is 16.5. The van der Waals surface area contributed by atoms with Crippen LogP contribution in [-0.2, 0) is 28.9 Å². The first-order chi connectivity index (χ1) is 11.5. The Morgan fingerprint density at radius 3 is 2.67 bits per heavy atom. The summed E-state index contributed by atoms with van der Waals surface area (Å²) in [5.74, 6) is -0.135. The third-order valence-corrected chi connectivity index (χ3v) is 5.98. The molecule has 1 saturated carbocycles. The Bertz CT molecular complexity index is 632. The molecule has 1 aromatic rings. The SMILES string of the molecule is CC1(C(=O)Cc2ccc3c(c2)CC(C(=O)NO)CC3)CCCCC1. The molecule has 2 N–H and O–H groups in total. The molecule has 0 radical (unpaired) electrons. The lowest BCUT2D eigenvalue weighted by atomic mass is 9.71. The Hall–Kier alpha value is -1.68. The van der Waals surface area contributed by atoms with Gasteiger partial charge in [-0.3, -0.25) is 14.8 Å². The van der Waals surface area contributed by atoms with Gasteiger partial charge in [0.15, 0.2) is 0 Å². The molecule has 4 nitrogen and oxygen atoms in total. The van der Waals surface area contributed by atoms with Crippen molar-refractivity contribution >= 4 is 11.7 Å². The molecule has 0 aliphatic heterocycles. The molecule has 0 heterocycles. The summed E-state index contributed by atoms with van der Waals surface area (Å²) in [4.78, 5) is 24.5. The summed E-state index contributed by atoms with van der Waals surface area (Å²) in [5.41, 5.74) is 5.07. The van der Waals surface area contributed by atoms with Crippen LogP contribution < -0.4 is 5.48 Å². The van der Waals surface area contributed by atoms with Crippen LogP contribution in [-0.4, -0.2) is 16.9 Å². The maximum absolute atomic E-state index is 12.8. The minimum absolute atomic E-state index is 0.159. The van der Waals surface area contributed by atoms with Gasteiger partial charge in [0.2, 0.25) is 5.91 Å². The standard InChI is InChI=1S/C20H27NO3/c1-20(9-3-2-4-10-20)18(22)12-14-5-6-15-7-8-16(19(23)21-24)13-17(15)11-14/h5-6,11,16,24H,2-4,7-10,12-13H2,1H3,(H,21,23). The first-order valence-corrected chi connectivity index (χ1v) is 9.10. The molecule has 2 aliphatic rings. The molecular weight excluding hydrogens is 302 g/mol. The summed E-state index contributed by atoms with van der Waals surface area (Å²) in [6.07, 6.45) is 8.31. The van der Waals surface area contributed by atoms with Gasteiger partial charge < -0.3 is 0 Å². The minimum Gasteiger partial charge on any atom is -0.299 e. The molecule has 1 unspecified atom stereocenters. The topological polar surface area (TPSA) is 66.4 Å². The summed E-state index contributed by atoms with van der Waals surface area (Å²) in [6, 6.07) is 6.26. The van der Waals surface area contributed by atoms with Gasteiger partial charge in [-0.05, 0) is 48.8 Å². The molecule has 1 aromatic carbocycles. The number of hydrogen-bond donors (Lipinski definition) is 2. The Balaban J connectivity index is 1.72. The third kappa shape index (κ3) is 3.54. The van der Waals surface area contributed by atoms with E-state index in [4.69, 9.17) is 5.21 Å². The lowest BCUT2D eigenvalue weighted by Crippen LogP contribution is -2.32. The van der Waals surface area contributed by atoms with Crippen LogP contribution in [0.3, 0.4) is 0 Å². The van der Waals surface area contributed by atoms with Crippen molar-refractivity contribution in [2.45, 2.75) is 64.7 Å². The summed E-state index contributed by atoms with van der Waals surface area (Å²) < 4.78 is 0. The Morgan fingerprint density at radius 2 is 1.96 bits per heavy atom. The van der Waals surface area contributed by atoms with Crippen molar-refractivity contribution in [2.24, 2.45) is 11.3 Å². The minimum atomic E-state index is -0.308. The zero-order valence-corrected chi connectivity index (χ0v) is 14.4. The Kier molecular flexibility index (Phi) is 5.04. The van der Waals surface area contributed by atoms with E-state index < -0.39 is 0 Å². The highest BCUT2D eigenvalue weighted by Gasteiger charge is 2.34. The van der Waals surface area contributed by atoms with Gasteiger partial charge in [0.1, 0.15) is 5.78 Å². The van der Waals surface area contributed by atoms with Crippen molar-refractivity contribution in [2.75, 3.05) is 0 Å². The summed E-state index contributed by atoms with van der Waals surface area (Å²) in [6.45, 7) is 2.12. The molecule has 3 rings (SSSR count). The Morgan fingerprint density at radius 1 is 1.21 bits per heavy atom. The van der Waals surface area contributed by atoms with E-state index in [2.05, 4.69) is 25.1 Å². The molecule has 1 atom stereocenters. The smallest absolute Gasteiger partial charge is 0.246 e. The van der Waals surface area contributed by atoms with Crippen molar-refractivity contribution < 1.29 is 14.8 Å². The van der Waals surface area contributed by atoms with E-state index in [0.29, 0.717) is 18.6 Å². The number of Topliss-reactive ketones (excluding diaryl/α,β-unsaturated/α-hetero) is 1. The maximum Gasteiger partial charge on any atom is 0.246 e. The normalized spacial score (nSPS) is 22.5. The molecule has 0 saturated heterocycles. The van der Waals surface area contributed by atoms with Crippen LogP contribution in [0.1, 0.15) is 62.1 Å². The highest BCUT2D eigenvalue weighted by Crippen LogP contribution is 2.37. The Labute approximate surface area is 143 Å². The average Bonchev–Trinajstić information content (AvgIpc) is 2.61. The van der Waals surface area contributed by atoms with Gasteiger partial charge in [-0.15, -0.1) is 0 Å². The van der Waals surface area contributed by atoms with Gasteiger partial charge in [-0.2, -0.15) is 0 Å². The number of fused-ring (bicyclic) bond motifs is 1. The molecule has 130 valence electrons. The van der Waals surface area contributed by atoms with Crippen LogP contribution in [0, 0.1) is 11.3 Å². The largest absolute Gasteiger partial charge is 0.299 e. The number of hydrogen-bond acceptors (Lipinski definition) is 3. The van der Waals surface area contributed by atoms with Crippen molar-refractivity contribution in [3.05, 3.63) is 34.9 Å². The van der Waals surface area contributed by atoms with Gasteiger partial charge in [0, 0.05) is 17.8 Å². The second-order valence-electron chi connectivity index (χ2n) is 7.74. The van der Waals surface area contributed by atoms with Gasteiger partial charge >= 0.3 is 0 Å². The van der Waals surface area contributed by atoms with E-state index >= 15 is 0 Å². The van der Waals surface area contributed by atoms with Gasteiger partial charge in [-0.1, -0.05) is 44.4 Å². The van der Waals surface area contributed by atoms with Gasteiger partial charge in [-0.25, -0.2) is 5.48 Å². The lowest BCUT2D eigenvalue weighted by molar-refractivity contribution is -0.133. The molecule has 4 heteroatoms. The number of rotatable bonds is 4. The third-order valence-electron chi connectivity index (χ3n) is 5.98. The average molecular weight is 329 g/mol. The van der Waals surface area contributed by atoms with Crippen molar-refractivity contribution in [3.63, 3.8) is 0 Å². The van der Waals surface area contributed by atoms with Crippen LogP contribution in [0.5, 0.6) is 0 Å². The molecule has 1 amide bonds. The predicted molar refractivity (Wildman–Crippen MR) is 91.8 cm³/mol. The van der Waals surface area contributed by atoms with Crippen LogP contribution in [0.4, 0.5) is 0 Å². The number of amides is 1. The highest BCUT2D eigenvalue weighted by molar-refractivity contribution is 5.86.